The highest BCUT2D eigenvalue weighted by molar-refractivity contribution is 5.98. The first-order valence-corrected chi connectivity index (χ1v) is 9.38. The summed E-state index contributed by atoms with van der Waals surface area (Å²) in [6.07, 6.45) is 5.53. The van der Waals surface area contributed by atoms with Gasteiger partial charge in [-0.3, -0.25) is 4.79 Å². The molecule has 1 aromatic heterocycles. The second-order valence-electron chi connectivity index (χ2n) is 7.21. The van der Waals surface area contributed by atoms with Gasteiger partial charge in [-0.05, 0) is 51.2 Å². The van der Waals surface area contributed by atoms with E-state index in [4.69, 9.17) is 5.73 Å². The van der Waals surface area contributed by atoms with E-state index in [9.17, 15) is 4.79 Å². The molecule has 1 aliphatic heterocycles. The van der Waals surface area contributed by atoms with Gasteiger partial charge in [0.25, 0.3) is 5.91 Å². The van der Waals surface area contributed by atoms with Crippen molar-refractivity contribution in [1.82, 2.24) is 9.97 Å². The molecule has 2 aromatic rings. The van der Waals surface area contributed by atoms with Crippen molar-refractivity contribution in [2.24, 2.45) is 5.73 Å². The van der Waals surface area contributed by atoms with Gasteiger partial charge in [0.1, 0.15) is 11.6 Å². The molecule has 2 heterocycles. The number of primary amides is 1. The van der Waals surface area contributed by atoms with Gasteiger partial charge in [0.2, 0.25) is 0 Å². The van der Waals surface area contributed by atoms with Crippen LogP contribution in [0.3, 0.4) is 0 Å². The zero-order valence-electron chi connectivity index (χ0n) is 15.2. The number of nitrogens with two attached hydrogens (primary N) is 1. The Bertz CT molecular complexity index is 835. The number of benzene rings is 1. The number of rotatable bonds is 4. The normalized spacial score (nSPS) is 19.3. The fourth-order valence-corrected chi connectivity index (χ4v) is 4.08. The fourth-order valence-electron chi connectivity index (χ4n) is 4.08. The van der Waals surface area contributed by atoms with Crippen LogP contribution in [0.4, 0.5) is 11.5 Å². The minimum Gasteiger partial charge on any atom is -0.369 e. The van der Waals surface area contributed by atoms with Gasteiger partial charge in [-0.1, -0.05) is 12.1 Å². The van der Waals surface area contributed by atoms with Crippen LogP contribution in [-0.4, -0.2) is 35.0 Å². The monoisotopic (exact) mass is 351 g/mol. The second-order valence-corrected chi connectivity index (χ2v) is 7.21. The smallest absolute Gasteiger partial charge is 0.250 e. The average molecular weight is 351 g/mol. The molecule has 0 spiro atoms. The average Bonchev–Trinajstić information content (AvgIpc) is 3.10. The summed E-state index contributed by atoms with van der Waals surface area (Å²) in [6, 6.07) is 7.87. The third-order valence-electron chi connectivity index (χ3n) is 5.33. The lowest BCUT2D eigenvalue weighted by atomic mass is 9.96. The van der Waals surface area contributed by atoms with Crippen molar-refractivity contribution in [2.75, 3.05) is 23.3 Å². The largest absolute Gasteiger partial charge is 0.369 e. The highest BCUT2D eigenvalue weighted by Crippen LogP contribution is 2.29. The van der Waals surface area contributed by atoms with Gasteiger partial charge in [0.05, 0.1) is 5.56 Å². The van der Waals surface area contributed by atoms with E-state index in [0.717, 1.165) is 49.7 Å². The molecule has 1 aromatic carbocycles. The van der Waals surface area contributed by atoms with Crippen molar-refractivity contribution in [3.05, 3.63) is 46.9 Å². The van der Waals surface area contributed by atoms with E-state index in [1.54, 1.807) is 6.07 Å². The molecule has 136 valence electrons. The van der Waals surface area contributed by atoms with Gasteiger partial charge in [0.15, 0.2) is 0 Å². The number of aromatic nitrogens is 2. The van der Waals surface area contributed by atoms with Gasteiger partial charge in [0, 0.05) is 36.1 Å². The molecule has 4 rings (SSSR count). The van der Waals surface area contributed by atoms with Crippen molar-refractivity contribution in [1.29, 1.82) is 0 Å². The molecule has 6 heteroatoms. The molecule has 0 radical (unpaired) electrons. The highest BCUT2D eigenvalue weighted by atomic mass is 16.1. The second kappa shape index (κ2) is 6.94. The number of para-hydroxylation sites is 1. The number of hydrogen-bond donors (Lipinski definition) is 2. The van der Waals surface area contributed by atoms with E-state index < -0.39 is 0 Å². The number of carbonyl (C=O) groups excluding carboxylic acids is 1. The standard InChI is InChI=1S/C20H25N5O/c1-13-22-17-8-4-2-6-15(17)20(23-13)24-14-10-11-25(12-14)18-9-5-3-7-16(18)19(21)26/h3,5,7,9,14H,2,4,6,8,10-12H2,1H3,(H2,21,26)(H,22,23,24). The molecule has 0 bridgehead atoms. The van der Waals surface area contributed by atoms with Crippen LogP contribution in [0.1, 0.15) is 46.7 Å². The Morgan fingerprint density at radius 3 is 2.88 bits per heavy atom. The van der Waals surface area contributed by atoms with Crippen LogP contribution in [-0.2, 0) is 12.8 Å². The maximum Gasteiger partial charge on any atom is 0.250 e. The number of fused-ring (bicyclic) bond motifs is 1. The van der Waals surface area contributed by atoms with E-state index in [1.165, 1.54) is 24.1 Å². The van der Waals surface area contributed by atoms with Crippen molar-refractivity contribution in [3.63, 3.8) is 0 Å². The van der Waals surface area contributed by atoms with Crippen LogP contribution < -0.4 is 16.0 Å². The number of nitrogens with zero attached hydrogens (tertiary/aromatic N) is 3. The van der Waals surface area contributed by atoms with Crippen LogP contribution in [0, 0.1) is 6.92 Å². The maximum absolute atomic E-state index is 11.7. The van der Waals surface area contributed by atoms with Crippen LogP contribution >= 0.6 is 0 Å². The Hall–Kier alpha value is -2.63. The molecule has 6 nitrogen and oxygen atoms in total. The molecular formula is C20H25N5O. The summed E-state index contributed by atoms with van der Waals surface area (Å²) >= 11 is 0. The third-order valence-corrected chi connectivity index (χ3v) is 5.33. The Morgan fingerprint density at radius 2 is 2.04 bits per heavy atom. The topological polar surface area (TPSA) is 84.1 Å². The first-order valence-electron chi connectivity index (χ1n) is 9.38. The molecular weight excluding hydrogens is 326 g/mol. The van der Waals surface area contributed by atoms with E-state index in [1.807, 2.05) is 25.1 Å². The molecule has 1 fully saturated rings. The van der Waals surface area contributed by atoms with Gasteiger partial charge >= 0.3 is 0 Å². The van der Waals surface area contributed by atoms with Crippen molar-refractivity contribution < 1.29 is 4.79 Å². The SMILES string of the molecule is Cc1nc2c(c(NC3CCN(c4ccccc4C(N)=O)C3)n1)CCCC2. The summed E-state index contributed by atoms with van der Waals surface area (Å²) in [7, 11) is 0. The molecule has 26 heavy (non-hydrogen) atoms. The number of amides is 1. The molecule has 1 amide bonds. The Morgan fingerprint density at radius 1 is 1.23 bits per heavy atom. The minimum atomic E-state index is -0.377. The molecule has 1 aliphatic carbocycles. The lowest BCUT2D eigenvalue weighted by Crippen LogP contribution is -2.29. The minimum absolute atomic E-state index is 0.302. The van der Waals surface area contributed by atoms with Crippen molar-refractivity contribution >= 4 is 17.4 Å². The Kier molecular flexibility index (Phi) is 4.49. The van der Waals surface area contributed by atoms with Crippen molar-refractivity contribution in [2.45, 2.75) is 45.1 Å². The molecule has 2 aliphatic rings. The first-order chi connectivity index (χ1) is 12.6. The summed E-state index contributed by atoms with van der Waals surface area (Å²) in [4.78, 5) is 23.3. The summed E-state index contributed by atoms with van der Waals surface area (Å²) in [5.74, 6) is 1.46. The quantitative estimate of drug-likeness (QED) is 0.884. The zero-order chi connectivity index (χ0) is 18.1. The zero-order valence-corrected chi connectivity index (χ0v) is 15.2. The summed E-state index contributed by atoms with van der Waals surface area (Å²) in [5.41, 5.74) is 9.54. The molecule has 1 unspecified atom stereocenters. The summed E-state index contributed by atoms with van der Waals surface area (Å²) in [5, 5.41) is 3.65. The molecule has 3 N–H and O–H groups in total. The number of hydrogen-bond acceptors (Lipinski definition) is 5. The van der Waals surface area contributed by atoms with Gasteiger partial charge in [-0.2, -0.15) is 0 Å². The maximum atomic E-state index is 11.7. The Balaban J connectivity index is 1.52. The third kappa shape index (κ3) is 3.23. The number of aryl methyl sites for hydroxylation is 2. The summed E-state index contributed by atoms with van der Waals surface area (Å²) in [6.45, 7) is 3.69. The van der Waals surface area contributed by atoms with Gasteiger partial charge in [-0.15, -0.1) is 0 Å². The van der Waals surface area contributed by atoms with Gasteiger partial charge in [-0.25, -0.2) is 9.97 Å². The van der Waals surface area contributed by atoms with E-state index in [-0.39, 0.29) is 5.91 Å². The predicted octanol–water partition coefficient (Wildman–Crippen LogP) is 2.45. The van der Waals surface area contributed by atoms with E-state index in [2.05, 4.69) is 20.2 Å². The van der Waals surface area contributed by atoms with E-state index >= 15 is 0 Å². The van der Waals surface area contributed by atoms with Gasteiger partial charge < -0.3 is 16.0 Å². The number of carbonyl (C=O) groups is 1. The number of nitrogens with one attached hydrogen (secondary N) is 1. The first kappa shape index (κ1) is 16.8. The summed E-state index contributed by atoms with van der Waals surface area (Å²) < 4.78 is 0. The predicted molar refractivity (Wildman–Crippen MR) is 103 cm³/mol. The highest BCUT2D eigenvalue weighted by Gasteiger charge is 2.27. The number of anilines is 2. The Labute approximate surface area is 153 Å². The van der Waals surface area contributed by atoms with Crippen molar-refractivity contribution in [3.8, 4) is 0 Å². The molecule has 0 saturated carbocycles. The van der Waals surface area contributed by atoms with Crippen LogP contribution in [0.25, 0.3) is 0 Å². The lowest BCUT2D eigenvalue weighted by molar-refractivity contribution is 0.100. The fraction of sp³-hybridized carbons (Fsp3) is 0.450. The lowest BCUT2D eigenvalue weighted by Gasteiger charge is -2.23. The van der Waals surface area contributed by atoms with E-state index in [0.29, 0.717) is 11.6 Å². The van der Waals surface area contributed by atoms with Crippen LogP contribution in [0.2, 0.25) is 0 Å². The molecule has 1 atom stereocenters. The molecule has 1 saturated heterocycles. The van der Waals surface area contributed by atoms with Crippen LogP contribution in [0.5, 0.6) is 0 Å². The van der Waals surface area contributed by atoms with Crippen LogP contribution in [0.15, 0.2) is 24.3 Å².